The van der Waals surface area contributed by atoms with Gasteiger partial charge in [-0.15, -0.1) is 0 Å². The molecule has 21 heavy (non-hydrogen) atoms. The minimum absolute atomic E-state index is 0.289. The van der Waals surface area contributed by atoms with Crippen molar-refractivity contribution in [1.82, 2.24) is 0 Å². The van der Waals surface area contributed by atoms with E-state index in [4.69, 9.17) is 9.47 Å². The second kappa shape index (κ2) is 4.73. The molecule has 0 aliphatic heterocycles. The van der Waals surface area contributed by atoms with E-state index in [1.54, 1.807) is 0 Å². The van der Waals surface area contributed by atoms with Crippen molar-refractivity contribution in [1.29, 1.82) is 0 Å². The van der Waals surface area contributed by atoms with Crippen LogP contribution in [0.3, 0.4) is 0 Å². The van der Waals surface area contributed by atoms with Crippen LogP contribution >= 0.6 is 0 Å². The zero-order valence-electron chi connectivity index (χ0n) is 11.7. The minimum Gasteiger partial charge on any atom is -0.456 e. The van der Waals surface area contributed by atoms with Gasteiger partial charge in [0.25, 0.3) is 0 Å². The third-order valence-electron chi connectivity index (χ3n) is 4.98. The molecule has 2 unspecified atom stereocenters. The fourth-order valence-corrected chi connectivity index (χ4v) is 4.87. The molecule has 4 aliphatic carbocycles. The number of halogens is 3. The summed E-state index contributed by atoms with van der Waals surface area (Å²) in [5.74, 6) is 0.0807. The Hall–Kier alpha value is -1.04. The predicted octanol–water partition coefficient (Wildman–Crippen LogP) is 3.39. The van der Waals surface area contributed by atoms with E-state index >= 15 is 0 Å². The van der Waals surface area contributed by atoms with Gasteiger partial charge >= 0.3 is 12.1 Å². The molecule has 0 aromatic carbocycles. The maximum atomic E-state index is 12.5. The van der Waals surface area contributed by atoms with Crippen LogP contribution in [0, 0.1) is 11.8 Å². The lowest BCUT2D eigenvalue weighted by Gasteiger charge is -2.60. The van der Waals surface area contributed by atoms with E-state index in [0.717, 1.165) is 25.3 Å². The van der Waals surface area contributed by atoms with Crippen LogP contribution < -0.4 is 0 Å². The maximum absolute atomic E-state index is 12.5. The van der Waals surface area contributed by atoms with Crippen molar-refractivity contribution in [3.05, 3.63) is 12.7 Å². The van der Waals surface area contributed by atoms with Crippen molar-refractivity contribution >= 4 is 5.97 Å². The van der Waals surface area contributed by atoms with E-state index in [-0.39, 0.29) is 11.8 Å². The molecule has 4 bridgehead atoms. The van der Waals surface area contributed by atoms with Gasteiger partial charge in [-0.05, 0) is 43.9 Å². The molecule has 4 fully saturated rings. The van der Waals surface area contributed by atoms with Crippen LogP contribution in [0.4, 0.5) is 13.2 Å². The average molecular weight is 304 g/mol. The fourth-order valence-electron chi connectivity index (χ4n) is 4.87. The molecule has 0 spiro atoms. The third-order valence-corrected chi connectivity index (χ3v) is 4.98. The number of rotatable bonds is 4. The topological polar surface area (TPSA) is 35.5 Å². The second-order valence-electron chi connectivity index (χ2n) is 6.86. The third kappa shape index (κ3) is 2.96. The number of alkyl halides is 3. The summed E-state index contributed by atoms with van der Waals surface area (Å²) in [7, 11) is 0. The molecule has 4 saturated carbocycles. The van der Waals surface area contributed by atoms with Crippen LogP contribution in [0.1, 0.15) is 38.5 Å². The Morgan fingerprint density at radius 2 is 1.76 bits per heavy atom. The number of carbonyl (C=O) groups excluding carboxylic acids is 1. The molecular formula is C15H19F3O3. The molecule has 0 saturated heterocycles. The monoisotopic (exact) mass is 304 g/mol. The van der Waals surface area contributed by atoms with Gasteiger partial charge in [-0.25, -0.2) is 4.79 Å². The van der Waals surface area contributed by atoms with E-state index in [0.29, 0.717) is 19.3 Å². The molecule has 0 radical (unpaired) electrons. The molecule has 4 rings (SSSR count). The molecule has 0 N–H and O–H groups in total. The molecule has 0 aromatic rings. The zero-order chi connectivity index (χ0) is 15.3. The first-order valence-corrected chi connectivity index (χ1v) is 7.29. The highest BCUT2D eigenvalue weighted by Crippen LogP contribution is 2.60. The zero-order valence-corrected chi connectivity index (χ0v) is 11.7. The molecule has 4 aliphatic rings. The van der Waals surface area contributed by atoms with Crippen LogP contribution in [0.25, 0.3) is 0 Å². The highest BCUT2D eigenvalue weighted by Gasteiger charge is 2.60. The quantitative estimate of drug-likeness (QED) is 0.590. The molecule has 0 aromatic heterocycles. The highest BCUT2D eigenvalue weighted by molar-refractivity contribution is 5.81. The lowest BCUT2D eigenvalue weighted by atomic mass is 9.52. The molecular weight excluding hydrogens is 285 g/mol. The summed E-state index contributed by atoms with van der Waals surface area (Å²) >= 11 is 0. The van der Waals surface area contributed by atoms with Crippen LogP contribution in [-0.4, -0.2) is 30.0 Å². The van der Waals surface area contributed by atoms with Gasteiger partial charge in [-0.2, -0.15) is 13.2 Å². The summed E-state index contributed by atoms with van der Waals surface area (Å²) in [6.07, 6.45) is 0.934. The molecule has 118 valence electrons. The Balaban J connectivity index is 1.78. The predicted molar refractivity (Wildman–Crippen MR) is 68.4 cm³/mol. The van der Waals surface area contributed by atoms with Gasteiger partial charge in [0, 0.05) is 12.5 Å². The average Bonchev–Trinajstić information content (AvgIpc) is 2.33. The van der Waals surface area contributed by atoms with E-state index in [2.05, 4.69) is 6.58 Å². The first kappa shape index (κ1) is 14.9. The van der Waals surface area contributed by atoms with Crippen LogP contribution in [-0.2, 0) is 14.3 Å². The lowest BCUT2D eigenvalue weighted by molar-refractivity contribution is -0.264. The van der Waals surface area contributed by atoms with Crippen LogP contribution in [0.5, 0.6) is 0 Å². The van der Waals surface area contributed by atoms with Gasteiger partial charge < -0.3 is 9.47 Å². The largest absolute Gasteiger partial charge is 0.456 e. The normalized spacial score (nSPS) is 41.1. The molecule has 0 amide bonds. The van der Waals surface area contributed by atoms with Gasteiger partial charge in [0.15, 0.2) is 0 Å². The van der Waals surface area contributed by atoms with E-state index in [1.807, 2.05) is 0 Å². The van der Waals surface area contributed by atoms with E-state index in [9.17, 15) is 18.0 Å². The summed E-state index contributed by atoms with van der Waals surface area (Å²) in [6, 6.07) is 0. The Bertz CT molecular complexity index is 444. The number of hydrogen-bond donors (Lipinski definition) is 0. The van der Waals surface area contributed by atoms with Gasteiger partial charge in [-0.1, -0.05) is 6.58 Å². The number of ether oxygens (including phenoxy) is 2. The van der Waals surface area contributed by atoms with Gasteiger partial charge in [0.1, 0.15) is 12.2 Å². The smallest absolute Gasteiger partial charge is 0.411 e. The van der Waals surface area contributed by atoms with Gasteiger partial charge in [0.05, 0.1) is 5.60 Å². The van der Waals surface area contributed by atoms with Gasteiger partial charge in [-0.3, -0.25) is 0 Å². The fraction of sp³-hybridized carbons (Fsp3) is 0.800. The Morgan fingerprint density at radius 3 is 2.29 bits per heavy atom. The van der Waals surface area contributed by atoms with Crippen molar-refractivity contribution in [3.8, 4) is 0 Å². The first-order valence-electron chi connectivity index (χ1n) is 7.29. The first-order chi connectivity index (χ1) is 9.73. The van der Waals surface area contributed by atoms with E-state index < -0.39 is 30.0 Å². The maximum Gasteiger partial charge on any atom is 0.411 e. The van der Waals surface area contributed by atoms with Crippen molar-refractivity contribution in [2.45, 2.75) is 55.9 Å². The lowest BCUT2D eigenvalue weighted by Crippen LogP contribution is -2.61. The van der Waals surface area contributed by atoms with Crippen molar-refractivity contribution < 1.29 is 27.4 Å². The molecule has 3 nitrogen and oxygen atoms in total. The number of esters is 1. The summed E-state index contributed by atoms with van der Waals surface area (Å²) in [4.78, 5) is 11.6. The SMILES string of the molecule is C=CC(=O)OC12CC3CC(CC(OCC(F)(F)F)(C3)C1)C2. The molecule has 6 heteroatoms. The van der Waals surface area contributed by atoms with Gasteiger partial charge in [0.2, 0.25) is 0 Å². The van der Waals surface area contributed by atoms with Crippen molar-refractivity contribution in [2.75, 3.05) is 6.61 Å². The number of carbonyl (C=O) groups is 1. The second-order valence-corrected chi connectivity index (χ2v) is 6.86. The Morgan fingerprint density at radius 1 is 1.19 bits per heavy atom. The van der Waals surface area contributed by atoms with E-state index in [1.165, 1.54) is 0 Å². The summed E-state index contributed by atoms with van der Waals surface area (Å²) in [5.41, 5.74) is -1.43. The molecule has 0 heterocycles. The standard InChI is InChI=1S/C15H19F3O3/c1-2-12(19)21-14-6-10-3-11(7-14)5-13(4-10,8-14)20-9-15(16,17)18/h2,10-11H,1,3-9H2. The van der Waals surface area contributed by atoms with Crippen LogP contribution in [0.2, 0.25) is 0 Å². The van der Waals surface area contributed by atoms with Crippen molar-refractivity contribution in [2.24, 2.45) is 11.8 Å². The molecule has 2 atom stereocenters. The van der Waals surface area contributed by atoms with Crippen LogP contribution in [0.15, 0.2) is 12.7 Å². The number of hydrogen-bond acceptors (Lipinski definition) is 3. The minimum atomic E-state index is -4.33. The summed E-state index contributed by atoms with van der Waals surface area (Å²) in [5, 5.41) is 0. The summed E-state index contributed by atoms with van der Waals surface area (Å²) in [6.45, 7) is 2.17. The van der Waals surface area contributed by atoms with Crippen molar-refractivity contribution in [3.63, 3.8) is 0 Å². The highest BCUT2D eigenvalue weighted by atomic mass is 19.4. The summed E-state index contributed by atoms with van der Waals surface area (Å²) < 4.78 is 48.3. The Labute approximate surface area is 121 Å². The Kier molecular flexibility index (Phi) is 3.35.